The molecule has 3 heterocycles. The number of likely N-dealkylation sites (tertiary alicyclic amines) is 1. The summed E-state index contributed by atoms with van der Waals surface area (Å²) in [5, 5.41) is 9.10. The molecule has 1 amide bonds. The van der Waals surface area contributed by atoms with Crippen LogP contribution >= 0.6 is 0 Å². The number of benzene rings is 2. The third-order valence-corrected chi connectivity index (χ3v) is 7.35. The molecular formula is C29H35N5O3. The van der Waals surface area contributed by atoms with Crippen LogP contribution in [0.3, 0.4) is 0 Å². The summed E-state index contributed by atoms with van der Waals surface area (Å²) in [6, 6.07) is 14.8. The number of rotatable bonds is 7. The monoisotopic (exact) mass is 501 g/mol. The number of hydrogen-bond acceptors (Lipinski definition) is 5. The molecule has 2 aromatic heterocycles. The van der Waals surface area contributed by atoms with Gasteiger partial charge in [-0.05, 0) is 61.6 Å². The Morgan fingerprint density at radius 2 is 1.78 bits per heavy atom. The Bertz CT molecular complexity index is 1480. The Labute approximate surface area is 216 Å². The topological polar surface area (TPSA) is 81.4 Å². The molecule has 8 nitrogen and oxygen atoms in total. The summed E-state index contributed by atoms with van der Waals surface area (Å²) in [5.41, 5.74) is 1.88. The van der Waals surface area contributed by atoms with Crippen molar-refractivity contribution in [3.05, 3.63) is 64.6 Å². The number of amides is 1. The minimum Gasteiger partial charge on any atom is -0.497 e. The van der Waals surface area contributed by atoms with E-state index in [9.17, 15) is 9.59 Å². The van der Waals surface area contributed by atoms with Crippen molar-refractivity contribution in [2.45, 2.75) is 26.7 Å². The lowest BCUT2D eigenvalue weighted by Gasteiger charge is -2.34. The second kappa shape index (κ2) is 10.4. The molecular weight excluding hydrogens is 466 g/mol. The Balaban J connectivity index is 1.47. The Hall–Kier alpha value is -3.65. The molecule has 0 bridgehead atoms. The van der Waals surface area contributed by atoms with E-state index in [0.717, 1.165) is 37.0 Å². The third-order valence-electron chi connectivity index (χ3n) is 7.35. The molecule has 194 valence electrons. The van der Waals surface area contributed by atoms with Gasteiger partial charge in [0.1, 0.15) is 11.3 Å². The molecule has 0 aliphatic carbocycles. The zero-order valence-corrected chi connectivity index (χ0v) is 22.0. The maximum atomic E-state index is 13.6. The number of carbonyl (C=O) groups is 1. The van der Waals surface area contributed by atoms with Crippen LogP contribution in [0.5, 0.6) is 5.75 Å². The molecule has 1 fully saturated rings. The van der Waals surface area contributed by atoms with E-state index in [2.05, 4.69) is 29.2 Å². The molecule has 1 N–H and O–H groups in total. The second-order valence-electron chi connectivity index (χ2n) is 10.4. The molecule has 1 aliphatic heterocycles. The number of aryl methyl sites for hydroxylation is 1. The first-order chi connectivity index (χ1) is 17.9. The minimum atomic E-state index is -0.274. The van der Waals surface area contributed by atoms with Crippen LogP contribution < -0.4 is 15.6 Å². The predicted molar refractivity (Wildman–Crippen MR) is 147 cm³/mol. The summed E-state index contributed by atoms with van der Waals surface area (Å²) in [6.45, 7) is 8.35. The fourth-order valence-corrected chi connectivity index (χ4v) is 5.80. The smallest absolute Gasteiger partial charge is 0.296 e. The Kier molecular flexibility index (Phi) is 7.02. The van der Waals surface area contributed by atoms with Gasteiger partial charge >= 0.3 is 0 Å². The molecule has 0 saturated carbocycles. The number of methoxy groups -OCH3 is 1. The van der Waals surface area contributed by atoms with Crippen molar-refractivity contribution in [2.24, 2.45) is 18.9 Å². The van der Waals surface area contributed by atoms with E-state index in [-0.39, 0.29) is 17.2 Å². The van der Waals surface area contributed by atoms with Gasteiger partial charge in [0, 0.05) is 43.0 Å². The summed E-state index contributed by atoms with van der Waals surface area (Å²) >= 11 is 0. The van der Waals surface area contributed by atoms with Gasteiger partial charge in [-0.3, -0.25) is 9.59 Å². The van der Waals surface area contributed by atoms with Gasteiger partial charge in [-0.1, -0.05) is 32.0 Å². The number of carbonyl (C=O) groups excluding carboxylic acids is 1. The zero-order chi connectivity index (χ0) is 26.1. The van der Waals surface area contributed by atoms with Crippen molar-refractivity contribution >= 4 is 27.7 Å². The summed E-state index contributed by atoms with van der Waals surface area (Å²) in [4.78, 5) is 29.7. The fourth-order valence-electron chi connectivity index (χ4n) is 5.80. The molecule has 2 atom stereocenters. The quantitative estimate of drug-likeness (QED) is 0.388. The first-order valence-electron chi connectivity index (χ1n) is 13.0. The number of aromatic nitrogens is 3. The predicted octanol–water partition coefficient (Wildman–Crippen LogP) is 3.98. The first kappa shape index (κ1) is 25.0. The molecule has 1 saturated heterocycles. The van der Waals surface area contributed by atoms with Gasteiger partial charge in [-0.25, -0.2) is 0 Å². The molecule has 1 aliphatic rings. The van der Waals surface area contributed by atoms with Crippen LogP contribution in [0, 0.1) is 11.8 Å². The first-order valence-corrected chi connectivity index (χ1v) is 13.0. The second-order valence-corrected chi connectivity index (χ2v) is 10.4. The van der Waals surface area contributed by atoms with Crippen molar-refractivity contribution in [1.82, 2.24) is 24.6 Å². The van der Waals surface area contributed by atoms with Crippen molar-refractivity contribution in [3.63, 3.8) is 0 Å². The SMILES string of the molecule is COc1ccc(-n2nc(C(=O)NCCCN3C[C@@H](C)C[C@H](C)C3)c3c4ccccc4n(C)c3c2=O)cc1. The largest absolute Gasteiger partial charge is 0.497 e. The van der Waals surface area contributed by atoms with E-state index in [0.29, 0.717) is 40.7 Å². The molecule has 8 heteroatoms. The lowest BCUT2D eigenvalue weighted by atomic mass is 9.92. The maximum Gasteiger partial charge on any atom is 0.296 e. The number of hydrogen-bond donors (Lipinski definition) is 1. The van der Waals surface area contributed by atoms with Crippen LogP contribution in [0.4, 0.5) is 0 Å². The van der Waals surface area contributed by atoms with Crippen molar-refractivity contribution in [3.8, 4) is 11.4 Å². The van der Waals surface area contributed by atoms with E-state index in [1.807, 2.05) is 35.9 Å². The molecule has 0 unspecified atom stereocenters. The van der Waals surface area contributed by atoms with Gasteiger partial charge in [0.2, 0.25) is 0 Å². The van der Waals surface area contributed by atoms with Crippen LogP contribution in [-0.2, 0) is 7.05 Å². The Morgan fingerprint density at radius 1 is 1.08 bits per heavy atom. The van der Waals surface area contributed by atoms with Crippen molar-refractivity contribution in [1.29, 1.82) is 0 Å². The number of nitrogens with zero attached hydrogens (tertiary/aromatic N) is 4. The molecule has 2 aromatic carbocycles. The average Bonchev–Trinajstić information content (AvgIpc) is 3.19. The number of fused-ring (bicyclic) bond motifs is 3. The zero-order valence-electron chi connectivity index (χ0n) is 22.0. The fraction of sp³-hybridized carbons (Fsp3) is 0.414. The molecule has 37 heavy (non-hydrogen) atoms. The summed E-state index contributed by atoms with van der Waals surface area (Å²) in [6.07, 6.45) is 2.14. The van der Waals surface area contributed by atoms with Gasteiger partial charge in [0.15, 0.2) is 5.69 Å². The highest BCUT2D eigenvalue weighted by molar-refractivity contribution is 6.16. The molecule has 0 radical (unpaired) electrons. The van der Waals surface area contributed by atoms with Crippen LogP contribution in [0.25, 0.3) is 27.5 Å². The highest BCUT2D eigenvalue weighted by atomic mass is 16.5. The number of ether oxygens (including phenoxy) is 1. The average molecular weight is 502 g/mol. The van der Waals surface area contributed by atoms with Gasteiger partial charge in [-0.15, -0.1) is 0 Å². The van der Waals surface area contributed by atoms with Gasteiger partial charge < -0.3 is 19.5 Å². The van der Waals surface area contributed by atoms with Gasteiger partial charge in [-0.2, -0.15) is 9.78 Å². The lowest BCUT2D eigenvalue weighted by molar-refractivity contribution is 0.0942. The van der Waals surface area contributed by atoms with Crippen molar-refractivity contribution in [2.75, 3.05) is 33.3 Å². The normalized spacial score (nSPS) is 18.4. The molecule has 4 aromatic rings. The maximum absolute atomic E-state index is 13.6. The number of nitrogens with one attached hydrogen (secondary N) is 1. The van der Waals surface area contributed by atoms with Gasteiger partial charge in [0.25, 0.3) is 11.5 Å². The minimum absolute atomic E-state index is 0.252. The van der Waals surface area contributed by atoms with Crippen LogP contribution in [0.1, 0.15) is 37.2 Å². The van der Waals surface area contributed by atoms with E-state index < -0.39 is 0 Å². The summed E-state index contributed by atoms with van der Waals surface area (Å²) in [5.74, 6) is 1.82. The standard InChI is InChI=1S/C29H35N5O3/c1-19-16-20(2)18-33(17-19)15-7-14-30-28(35)26-25-23-8-5-6-9-24(23)32(3)27(25)29(36)34(31-26)21-10-12-22(37-4)13-11-21/h5-6,8-13,19-20H,7,14-18H2,1-4H3,(H,30,35)/t19-,20-/m0/s1. The number of para-hydroxylation sites is 1. The summed E-state index contributed by atoms with van der Waals surface area (Å²) in [7, 11) is 3.45. The third kappa shape index (κ3) is 4.85. The summed E-state index contributed by atoms with van der Waals surface area (Å²) < 4.78 is 8.42. The highest BCUT2D eigenvalue weighted by Crippen LogP contribution is 2.28. The Morgan fingerprint density at radius 3 is 2.49 bits per heavy atom. The highest BCUT2D eigenvalue weighted by Gasteiger charge is 2.24. The van der Waals surface area contributed by atoms with Crippen molar-refractivity contribution < 1.29 is 9.53 Å². The van der Waals surface area contributed by atoms with Gasteiger partial charge in [0.05, 0.1) is 12.8 Å². The van der Waals surface area contributed by atoms with Crippen LogP contribution in [0.2, 0.25) is 0 Å². The van der Waals surface area contributed by atoms with E-state index >= 15 is 0 Å². The van der Waals surface area contributed by atoms with Crippen LogP contribution in [-0.4, -0.2) is 58.4 Å². The lowest BCUT2D eigenvalue weighted by Crippen LogP contribution is -2.40. The molecule has 0 spiro atoms. The van der Waals surface area contributed by atoms with E-state index in [1.165, 1.54) is 11.1 Å². The van der Waals surface area contributed by atoms with E-state index in [1.54, 1.807) is 31.4 Å². The molecule has 5 rings (SSSR count). The van der Waals surface area contributed by atoms with Crippen LogP contribution in [0.15, 0.2) is 53.3 Å². The van der Waals surface area contributed by atoms with E-state index in [4.69, 9.17) is 4.74 Å². The number of piperidine rings is 1.